The molecule has 2 amide bonds. The molecule has 3 aromatic rings. The number of nitrogens with zero attached hydrogens (tertiary/aromatic N) is 3. The molecule has 1 aliphatic rings. The van der Waals surface area contributed by atoms with Gasteiger partial charge in [0.25, 0.3) is 5.91 Å². The molecule has 0 radical (unpaired) electrons. The molecule has 2 heterocycles. The van der Waals surface area contributed by atoms with E-state index in [-0.39, 0.29) is 28.3 Å². The smallest absolute Gasteiger partial charge is 0.254 e. The molecule has 4 rings (SSSR count). The van der Waals surface area contributed by atoms with E-state index in [1.54, 1.807) is 49.4 Å². The third kappa shape index (κ3) is 7.91. The van der Waals surface area contributed by atoms with Gasteiger partial charge < -0.3 is 30.1 Å². The van der Waals surface area contributed by atoms with Gasteiger partial charge in [0, 0.05) is 44.8 Å². The van der Waals surface area contributed by atoms with Crippen molar-refractivity contribution in [2.24, 2.45) is 0 Å². The molecule has 12 heteroatoms. The lowest BCUT2D eigenvalue weighted by molar-refractivity contribution is -0.130. The lowest BCUT2D eigenvalue weighted by atomic mass is 10.0. The first-order valence-corrected chi connectivity index (χ1v) is 14.9. The van der Waals surface area contributed by atoms with E-state index in [4.69, 9.17) is 21.1 Å². The monoisotopic (exact) mass is 639 g/mol. The topological polar surface area (TPSA) is 116 Å². The number of hydrogen-bond donors (Lipinski definition) is 3. The van der Waals surface area contributed by atoms with E-state index < -0.39 is 24.1 Å². The number of hydrogen-bond acceptors (Lipinski definition) is 8. The van der Waals surface area contributed by atoms with E-state index in [9.17, 15) is 19.1 Å². The maximum Gasteiger partial charge on any atom is 0.254 e. The van der Waals surface area contributed by atoms with Crippen LogP contribution in [0, 0.1) is 19.7 Å². The largest absolute Gasteiger partial charge is 0.495 e. The van der Waals surface area contributed by atoms with Crippen molar-refractivity contribution in [3.8, 4) is 11.5 Å². The number of carbonyl (C=O) groups is 2. The third-order valence-corrected chi connectivity index (χ3v) is 8.18. The molecule has 1 saturated heterocycles. The number of methoxy groups -OCH3 is 1. The molecule has 1 fully saturated rings. The van der Waals surface area contributed by atoms with Crippen molar-refractivity contribution in [3.63, 3.8) is 0 Å². The quantitative estimate of drug-likeness (QED) is 0.202. The van der Waals surface area contributed by atoms with Crippen molar-refractivity contribution in [1.82, 2.24) is 20.1 Å². The van der Waals surface area contributed by atoms with Crippen LogP contribution in [-0.2, 0) is 4.79 Å². The van der Waals surface area contributed by atoms with Crippen LogP contribution in [0.5, 0.6) is 11.5 Å². The zero-order chi connectivity index (χ0) is 32.8. The Morgan fingerprint density at radius 2 is 1.98 bits per heavy atom. The van der Waals surface area contributed by atoms with Crippen LogP contribution in [0.2, 0.25) is 5.02 Å². The molecule has 0 bridgehead atoms. The summed E-state index contributed by atoms with van der Waals surface area (Å²) in [7, 11) is 3.05. The van der Waals surface area contributed by atoms with Gasteiger partial charge in [-0.15, -0.1) is 0 Å². The number of aliphatic hydroxyl groups is 1. The van der Waals surface area contributed by atoms with Crippen LogP contribution in [0.4, 0.5) is 10.2 Å². The van der Waals surface area contributed by atoms with Crippen molar-refractivity contribution in [3.05, 3.63) is 93.9 Å². The van der Waals surface area contributed by atoms with E-state index in [1.165, 1.54) is 25.3 Å². The number of halogens is 2. The van der Waals surface area contributed by atoms with E-state index >= 15 is 0 Å². The molecule has 3 N–H and O–H groups in total. The zero-order valence-corrected chi connectivity index (χ0v) is 26.8. The Balaban J connectivity index is 1.66. The highest BCUT2D eigenvalue weighted by Crippen LogP contribution is 2.33. The number of aromatic nitrogens is 1. The minimum Gasteiger partial charge on any atom is -0.495 e. The van der Waals surface area contributed by atoms with Gasteiger partial charge >= 0.3 is 0 Å². The molecule has 1 aromatic heterocycles. The molecular weight excluding hydrogens is 601 g/mol. The fraction of sp³-hybridized carbons (Fsp3) is 0.364. The summed E-state index contributed by atoms with van der Waals surface area (Å²) in [6, 6.07) is 9.45. The molecule has 1 unspecified atom stereocenters. The number of pyridine rings is 1. The summed E-state index contributed by atoms with van der Waals surface area (Å²) in [6.45, 7) is 11.2. The predicted octanol–water partition coefficient (Wildman–Crippen LogP) is 4.80. The van der Waals surface area contributed by atoms with Crippen LogP contribution < -0.4 is 20.1 Å². The lowest BCUT2D eigenvalue weighted by Crippen LogP contribution is -2.54. The highest BCUT2D eigenvalue weighted by molar-refractivity contribution is 6.30. The normalized spacial score (nSPS) is 16.4. The van der Waals surface area contributed by atoms with Gasteiger partial charge in [-0.3, -0.25) is 14.5 Å². The predicted molar refractivity (Wildman–Crippen MR) is 171 cm³/mol. The number of nitrogens with one attached hydrogen (secondary N) is 2. The number of anilines is 1. The van der Waals surface area contributed by atoms with E-state index in [0.717, 1.165) is 5.56 Å². The Labute approximate surface area is 267 Å². The highest BCUT2D eigenvalue weighted by Gasteiger charge is 2.30. The van der Waals surface area contributed by atoms with Gasteiger partial charge in [-0.05, 0) is 73.9 Å². The molecule has 0 saturated carbocycles. The highest BCUT2D eigenvalue weighted by atomic mass is 35.5. The number of benzene rings is 2. The average molecular weight is 640 g/mol. The molecule has 3 atom stereocenters. The van der Waals surface area contributed by atoms with Gasteiger partial charge in [-0.25, -0.2) is 9.37 Å². The summed E-state index contributed by atoms with van der Waals surface area (Å²) >= 11 is 5.99. The maximum absolute atomic E-state index is 14.7. The Hall–Kier alpha value is -4.19. The minimum absolute atomic E-state index is 0.0167. The SMILES string of the molecule is C=CC(=O)N1CCN(C[C@@H](Oc2cc(C)c(C(O)Nc3ncc(OC)cc3C)cc2C(=O)NC)c2ccc(Cl)c(F)c2)C[C@H]1C. The number of piperazine rings is 1. The first kappa shape index (κ1) is 33.7. The molecule has 0 aliphatic carbocycles. The molecule has 2 aromatic carbocycles. The number of ether oxygens (including phenoxy) is 2. The van der Waals surface area contributed by atoms with Crippen LogP contribution in [0.1, 0.15) is 51.9 Å². The molecule has 0 spiro atoms. The van der Waals surface area contributed by atoms with Crippen LogP contribution in [-0.4, -0.2) is 78.1 Å². The van der Waals surface area contributed by atoms with Gasteiger partial charge in [0.2, 0.25) is 5.91 Å². The fourth-order valence-corrected chi connectivity index (χ4v) is 5.49. The van der Waals surface area contributed by atoms with Gasteiger partial charge in [-0.2, -0.15) is 0 Å². The van der Waals surface area contributed by atoms with Gasteiger partial charge in [0.1, 0.15) is 29.2 Å². The van der Waals surface area contributed by atoms with Gasteiger partial charge in [0.15, 0.2) is 6.23 Å². The van der Waals surface area contributed by atoms with Crippen molar-refractivity contribution < 1.29 is 28.6 Å². The Kier molecular flexibility index (Phi) is 11.0. The van der Waals surface area contributed by atoms with Gasteiger partial charge in [0.05, 0.1) is 23.9 Å². The molecule has 1 aliphatic heterocycles. The van der Waals surface area contributed by atoms with Crippen LogP contribution in [0.3, 0.4) is 0 Å². The fourth-order valence-electron chi connectivity index (χ4n) is 5.38. The number of carbonyl (C=O) groups excluding carboxylic acids is 2. The second-order valence-electron chi connectivity index (χ2n) is 11.0. The first-order chi connectivity index (χ1) is 21.4. The van der Waals surface area contributed by atoms with Crippen LogP contribution in [0.25, 0.3) is 0 Å². The van der Waals surface area contributed by atoms with Crippen molar-refractivity contribution in [2.45, 2.75) is 39.1 Å². The van der Waals surface area contributed by atoms with Crippen LogP contribution in [0.15, 0.2) is 55.3 Å². The standard InChI is InChI=1S/C33H39ClFN5O5/c1-7-30(41)40-11-10-39(17-21(40)4)18-29(22-8-9-26(34)27(35)14-22)45-28-13-19(2)24(15-25(28)32(42)36-5)33(43)38-31-20(3)12-23(44-6)16-37-31/h7-9,12-16,21,29,33,43H,1,10-11,17-18H2,2-6H3,(H,36,42)(H,37,38)/t21-,29-,33?/m1/s1. The van der Waals surface area contributed by atoms with E-state index in [2.05, 4.69) is 27.1 Å². The summed E-state index contributed by atoms with van der Waals surface area (Å²) in [5, 5.41) is 16.8. The summed E-state index contributed by atoms with van der Waals surface area (Å²) in [6.07, 6.45) is 0.953. The molecular formula is C33H39ClFN5O5. The van der Waals surface area contributed by atoms with E-state index in [0.29, 0.717) is 54.4 Å². The lowest BCUT2D eigenvalue weighted by Gasteiger charge is -2.40. The summed E-state index contributed by atoms with van der Waals surface area (Å²) < 4.78 is 26.4. The molecule has 10 nitrogen and oxygen atoms in total. The molecule has 240 valence electrons. The first-order valence-electron chi connectivity index (χ1n) is 14.5. The van der Waals surface area contributed by atoms with Crippen molar-refractivity contribution in [2.75, 3.05) is 45.7 Å². The van der Waals surface area contributed by atoms with Gasteiger partial charge in [-0.1, -0.05) is 24.2 Å². The Bertz CT molecular complexity index is 1570. The second-order valence-corrected chi connectivity index (χ2v) is 11.4. The second kappa shape index (κ2) is 14.7. The Morgan fingerprint density at radius 3 is 2.60 bits per heavy atom. The summed E-state index contributed by atoms with van der Waals surface area (Å²) in [5.74, 6) is 0.156. The third-order valence-electron chi connectivity index (χ3n) is 7.87. The van der Waals surface area contributed by atoms with Crippen molar-refractivity contribution >= 4 is 29.2 Å². The van der Waals surface area contributed by atoms with Crippen molar-refractivity contribution in [1.29, 1.82) is 0 Å². The number of aliphatic hydroxyl groups excluding tert-OH is 1. The minimum atomic E-state index is -1.20. The van der Waals surface area contributed by atoms with Crippen LogP contribution >= 0.6 is 11.6 Å². The number of aryl methyl sites for hydroxylation is 2. The zero-order valence-electron chi connectivity index (χ0n) is 26.1. The maximum atomic E-state index is 14.7. The molecule has 45 heavy (non-hydrogen) atoms. The summed E-state index contributed by atoms with van der Waals surface area (Å²) in [5.41, 5.74) is 2.58. The van der Waals surface area contributed by atoms with E-state index in [1.807, 2.05) is 13.8 Å². The number of amides is 2. The Morgan fingerprint density at radius 1 is 1.22 bits per heavy atom. The average Bonchev–Trinajstić information content (AvgIpc) is 3.02. The summed E-state index contributed by atoms with van der Waals surface area (Å²) in [4.78, 5) is 33.6. The number of rotatable bonds is 11.